The molecule has 0 radical (unpaired) electrons. The minimum Gasteiger partial charge on any atom is -0.496 e. The Morgan fingerprint density at radius 2 is 1.78 bits per heavy atom. The molecule has 0 atom stereocenters. The second-order valence-corrected chi connectivity index (χ2v) is 4.34. The zero-order valence-corrected chi connectivity index (χ0v) is 9.98. The molecule has 0 N–H and O–H groups in total. The van der Waals surface area contributed by atoms with Gasteiger partial charge in [0.05, 0.1) is 17.6 Å². The number of hydrogen-bond donors (Lipinski definition) is 0. The van der Waals surface area contributed by atoms with E-state index in [1.165, 1.54) is 18.6 Å². The molecule has 0 saturated heterocycles. The number of carbonyl (C=O) groups excluding carboxylic acids is 1. The van der Waals surface area contributed by atoms with E-state index >= 15 is 0 Å². The van der Waals surface area contributed by atoms with E-state index in [-0.39, 0.29) is 4.88 Å². The number of rotatable bonds is 3. The molecule has 0 aliphatic heterocycles. The van der Waals surface area contributed by atoms with Crippen LogP contribution < -0.4 is 4.74 Å². The Labute approximate surface area is 105 Å². The molecule has 1 aromatic carbocycles. The molecule has 0 aliphatic carbocycles. The molecule has 18 heavy (non-hydrogen) atoms. The van der Waals surface area contributed by atoms with Gasteiger partial charge in [0.2, 0.25) is 5.78 Å². The highest BCUT2D eigenvalue weighted by atomic mass is 32.1. The van der Waals surface area contributed by atoms with Gasteiger partial charge in [-0.15, -0.1) is 11.3 Å². The van der Waals surface area contributed by atoms with E-state index in [4.69, 9.17) is 4.74 Å². The van der Waals surface area contributed by atoms with Gasteiger partial charge in [-0.1, -0.05) is 0 Å². The molecule has 2 rings (SSSR count). The number of carbonyl (C=O) groups is 1. The molecule has 0 bridgehead atoms. The Hall–Kier alpha value is -1.82. The maximum Gasteiger partial charge on any atom is 0.208 e. The first-order valence-corrected chi connectivity index (χ1v) is 5.72. The van der Waals surface area contributed by atoms with Crippen molar-refractivity contribution in [2.45, 2.75) is 0 Å². The molecule has 0 spiro atoms. The van der Waals surface area contributed by atoms with Crippen molar-refractivity contribution in [3.8, 4) is 5.75 Å². The summed E-state index contributed by atoms with van der Waals surface area (Å²) < 4.78 is 44.4. The van der Waals surface area contributed by atoms with Gasteiger partial charge in [0.15, 0.2) is 0 Å². The normalized spacial score (nSPS) is 10.4. The average molecular weight is 272 g/mol. The summed E-state index contributed by atoms with van der Waals surface area (Å²) in [5.74, 6) is -3.91. The van der Waals surface area contributed by atoms with E-state index in [1.54, 1.807) is 0 Å². The SMILES string of the molecule is COc1csc(C(=O)c2c(F)cc(F)cc2F)c1. The highest BCUT2D eigenvalue weighted by Gasteiger charge is 2.21. The summed E-state index contributed by atoms with van der Waals surface area (Å²) in [6, 6.07) is 2.32. The molecule has 0 aliphatic rings. The summed E-state index contributed by atoms with van der Waals surface area (Å²) in [5, 5.41) is 1.53. The second-order valence-electron chi connectivity index (χ2n) is 3.42. The van der Waals surface area contributed by atoms with Crippen LogP contribution >= 0.6 is 11.3 Å². The Kier molecular flexibility index (Phi) is 3.38. The van der Waals surface area contributed by atoms with E-state index in [0.29, 0.717) is 17.9 Å². The molecule has 2 nitrogen and oxygen atoms in total. The minimum absolute atomic E-state index is 0.122. The van der Waals surface area contributed by atoms with Gasteiger partial charge in [-0.3, -0.25) is 4.79 Å². The fourth-order valence-corrected chi connectivity index (χ4v) is 2.23. The van der Waals surface area contributed by atoms with E-state index < -0.39 is 28.8 Å². The number of hydrogen-bond acceptors (Lipinski definition) is 3. The predicted molar refractivity (Wildman–Crippen MR) is 60.6 cm³/mol. The predicted octanol–water partition coefficient (Wildman–Crippen LogP) is 3.41. The van der Waals surface area contributed by atoms with E-state index in [2.05, 4.69) is 0 Å². The number of thiophene rings is 1. The fraction of sp³-hybridized carbons (Fsp3) is 0.0833. The molecular formula is C12H7F3O2S. The third-order valence-corrected chi connectivity index (χ3v) is 3.18. The van der Waals surface area contributed by atoms with Gasteiger partial charge in [0, 0.05) is 23.6 Å². The van der Waals surface area contributed by atoms with Crippen LogP contribution in [0.1, 0.15) is 15.2 Å². The summed E-state index contributed by atoms with van der Waals surface area (Å²) >= 11 is 0.997. The van der Waals surface area contributed by atoms with Crippen molar-refractivity contribution in [1.82, 2.24) is 0 Å². The molecule has 6 heteroatoms. The topological polar surface area (TPSA) is 26.3 Å². The minimum atomic E-state index is -1.22. The monoisotopic (exact) mass is 272 g/mol. The zero-order chi connectivity index (χ0) is 13.3. The largest absolute Gasteiger partial charge is 0.496 e. The standard InChI is InChI=1S/C12H7F3O2S/c1-17-7-4-10(18-5-7)12(16)11-8(14)2-6(13)3-9(11)15/h2-5H,1H3. The number of ketones is 1. The van der Waals surface area contributed by atoms with Gasteiger partial charge in [-0.2, -0.15) is 0 Å². The lowest BCUT2D eigenvalue weighted by atomic mass is 10.1. The summed E-state index contributed by atoms with van der Waals surface area (Å²) in [4.78, 5) is 12.0. The van der Waals surface area contributed by atoms with Gasteiger partial charge in [0.25, 0.3) is 0 Å². The molecule has 0 unspecified atom stereocenters. The van der Waals surface area contributed by atoms with Crippen molar-refractivity contribution < 1.29 is 22.7 Å². The van der Waals surface area contributed by atoms with Crippen molar-refractivity contribution in [1.29, 1.82) is 0 Å². The second kappa shape index (κ2) is 4.81. The Balaban J connectivity index is 2.46. The van der Waals surface area contributed by atoms with Crippen LogP contribution in [-0.4, -0.2) is 12.9 Å². The molecule has 0 saturated carbocycles. The Morgan fingerprint density at radius 1 is 1.17 bits per heavy atom. The molecule has 94 valence electrons. The van der Waals surface area contributed by atoms with Crippen LogP contribution in [0.4, 0.5) is 13.2 Å². The molecule has 0 fully saturated rings. The maximum atomic E-state index is 13.4. The van der Waals surface area contributed by atoms with Crippen LogP contribution in [-0.2, 0) is 0 Å². The average Bonchev–Trinajstić information content (AvgIpc) is 2.75. The summed E-state index contributed by atoms with van der Waals surface area (Å²) in [6.07, 6.45) is 0. The van der Waals surface area contributed by atoms with Crippen LogP contribution in [0.15, 0.2) is 23.6 Å². The van der Waals surface area contributed by atoms with Crippen LogP contribution in [0, 0.1) is 17.5 Å². The lowest BCUT2D eigenvalue weighted by Gasteiger charge is -2.02. The number of halogens is 3. The smallest absolute Gasteiger partial charge is 0.208 e. The first-order valence-electron chi connectivity index (χ1n) is 4.84. The van der Waals surface area contributed by atoms with Crippen molar-refractivity contribution >= 4 is 17.1 Å². The molecule has 1 aromatic heterocycles. The Bertz CT molecular complexity index is 584. The summed E-state index contributed by atoms with van der Waals surface area (Å²) in [6.45, 7) is 0. The van der Waals surface area contributed by atoms with Crippen molar-refractivity contribution in [3.05, 3.63) is 51.5 Å². The first kappa shape index (κ1) is 12.6. The number of ether oxygens (including phenoxy) is 1. The van der Waals surface area contributed by atoms with Gasteiger partial charge < -0.3 is 4.74 Å². The van der Waals surface area contributed by atoms with E-state index in [9.17, 15) is 18.0 Å². The van der Waals surface area contributed by atoms with Crippen LogP contribution in [0.25, 0.3) is 0 Å². The van der Waals surface area contributed by atoms with Crippen LogP contribution in [0.3, 0.4) is 0 Å². The lowest BCUT2D eigenvalue weighted by molar-refractivity contribution is 0.103. The molecule has 2 aromatic rings. The van der Waals surface area contributed by atoms with E-state index in [1.807, 2.05) is 0 Å². The van der Waals surface area contributed by atoms with Gasteiger partial charge in [0.1, 0.15) is 23.2 Å². The molecular weight excluding hydrogens is 265 g/mol. The zero-order valence-electron chi connectivity index (χ0n) is 9.17. The summed E-state index contributed by atoms with van der Waals surface area (Å²) in [5.41, 5.74) is -0.763. The van der Waals surface area contributed by atoms with Crippen molar-refractivity contribution in [3.63, 3.8) is 0 Å². The van der Waals surface area contributed by atoms with Gasteiger partial charge >= 0.3 is 0 Å². The molecule has 1 heterocycles. The quantitative estimate of drug-likeness (QED) is 0.800. The third-order valence-electron chi connectivity index (χ3n) is 2.27. The maximum absolute atomic E-state index is 13.4. The molecule has 0 amide bonds. The summed E-state index contributed by atoms with van der Waals surface area (Å²) in [7, 11) is 1.41. The number of methoxy groups -OCH3 is 1. The number of benzene rings is 1. The van der Waals surface area contributed by atoms with Gasteiger partial charge in [-0.25, -0.2) is 13.2 Å². The van der Waals surface area contributed by atoms with Crippen molar-refractivity contribution in [2.75, 3.05) is 7.11 Å². The fourth-order valence-electron chi connectivity index (χ4n) is 1.43. The van der Waals surface area contributed by atoms with Crippen LogP contribution in [0.5, 0.6) is 5.75 Å². The third kappa shape index (κ3) is 2.24. The lowest BCUT2D eigenvalue weighted by Crippen LogP contribution is -2.06. The van der Waals surface area contributed by atoms with Crippen molar-refractivity contribution in [2.24, 2.45) is 0 Å². The highest BCUT2D eigenvalue weighted by Crippen LogP contribution is 2.26. The van der Waals surface area contributed by atoms with Crippen LogP contribution in [0.2, 0.25) is 0 Å². The highest BCUT2D eigenvalue weighted by molar-refractivity contribution is 7.12. The van der Waals surface area contributed by atoms with E-state index in [0.717, 1.165) is 11.3 Å². The van der Waals surface area contributed by atoms with Gasteiger partial charge in [-0.05, 0) is 0 Å². The Morgan fingerprint density at radius 3 is 2.28 bits per heavy atom. The first-order chi connectivity index (χ1) is 8.52.